The lowest BCUT2D eigenvalue weighted by atomic mass is 10.1. The van der Waals surface area contributed by atoms with Crippen LogP contribution < -0.4 is 5.32 Å². The van der Waals surface area contributed by atoms with E-state index in [0.29, 0.717) is 0 Å². The van der Waals surface area contributed by atoms with Crippen LogP contribution in [-0.4, -0.2) is 45.9 Å². The van der Waals surface area contributed by atoms with Crippen LogP contribution in [0.4, 0.5) is 0 Å². The second kappa shape index (κ2) is 6.08. The van der Waals surface area contributed by atoms with E-state index < -0.39 is 0 Å². The standard InChI is InChI=1S/C18H24N4OS/c1-4-14-19-11(3)15-10(2)16(24-18(15)21-14)17(23)20-12-7-8-22(9-12)13-5-6-13/h12-13H,4-9H2,1-3H3,(H,20,23)/t12-/m1/s1. The van der Waals surface area contributed by atoms with Gasteiger partial charge in [-0.25, -0.2) is 9.97 Å². The molecular formula is C18H24N4OS. The second-order valence-electron chi connectivity index (χ2n) is 7.00. The summed E-state index contributed by atoms with van der Waals surface area (Å²) in [7, 11) is 0. The molecule has 0 radical (unpaired) electrons. The van der Waals surface area contributed by atoms with Crippen LogP contribution in [0, 0.1) is 13.8 Å². The van der Waals surface area contributed by atoms with Crippen LogP contribution in [0.1, 0.15) is 52.9 Å². The van der Waals surface area contributed by atoms with Crippen LogP contribution >= 0.6 is 11.3 Å². The second-order valence-corrected chi connectivity index (χ2v) is 8.00. The number of nitrogens with zero attached hydrogens (tertiary/aromatic N) is 3. The van der Waals surface area contributed by atoms with Crippen LogP contribution in [0.2, 0.25) is 0 Å². The first-order valence-corrected chi connectivity index (χ1v) is 9.70. The number of amides is 1. The van der Waals surface area contributed by atoms with Crippen LogP contribution in [0.15, 0.2) is 0 Å². The predicted octanol–water partition coefficient (Wildman–Crippen LogP) is 2.84. The van der Waals surface area contributed by atoms with Crippen molar-refractivity contribution in [1.29, 1.82) is 0 Å². The Morgan fingerprint density at radius 2 is 2.08 bits per heavy atom. The largest absolute Gasteiger partial charge is 0.347 e. The number of aromatic nitrogens is 2. The van der Waals surface area contributed by atoms with Crippen molar-refractivity contribution in [1.82, 2.24) is 20.2 Å². The van der Waals surface area contributed by atoms with E-state index in [-0.39, 0.29) is 11.9 Å². The molecule has 2 aromatic heterocycles. The summed E-state index contributed by atoms with van der Waals surface area (Å²) in [5, 5.41) is 4.29. The Labute approximate surface area is 146 Å². The van der Waals surface area contributed by atoms with Crippen molar-refractivity contribution in [2.45, 2.75) is 58.5 Å². The quantitative estimate of drug-likeness (QED) is 0.926. The minimum Gasteiger partial charge on any atom is -0.347 e. The first kappa shape index (κ1) is 16.0. The van der Waals surface area contributed by atoms with Crippen LogP contribution in [-0.2, 0) is 6.42 Å². The van der Waals surface area contributed by atoms with Gasteiger partial charge < -0.3 is 5.32 Å². The molecule has 2 aliphatic rings. The van der Waals surface area contributed by atoms with Gasteiger partial charge in [0, 0.05) is 42.7 Å². The van der Waals surface area contributed by atoms with Crippen molar-refractivity contribution in [3.05, 3.63) is 22.0 Å². The van der Waals surface area contributed by atoms with Crippen molar-refractivity contribution >= 4 is 27.5 Å². The monoisotopic (exact) mass is 344 g/mol. The highest BCUT2D eigenvalue weighted by Gasteiger charge is 2.35. The number of likely N-dealkylation sites (tertiary alicyclic amines) is 1. The molecule has 0 bridgehead atoms. The number of carbonyl (C=O) groups is 1. The van der Waals surface area contributed by atoms with Gasteiger partial charge in [-0.05, 0) is 38.7 Å². The maximum Gasteiger partial charge on any atom is 0.261 e. The van der Waals surface area contributed by atoms with Gasteiger partial charge in [0.2, 0.25) is 0 Å². The molecule has 128 valence electrons. The third-order valence-corrected chi connectivity index (χ3v) is 6.34. The lowest BCUT2D eigenvalue weighted by molar-refractivity contribution is 0.0941. The number of aryl methyl sites for hydroxylation is 3. The van der Waals surface area contributed by atoms with E-state index in [1.807, 2.05) is 13.8 Å². The molecule has 1 atom stereocenters. The van der Waals surface area contributed by atoms with E-state index in [1.165, 1.54) is 24.2 Å². The summed E-state index contributed by atoms with van der Waals surface area (Å²) < 4.78 is 0. The third kappa shape index (κ3) is 2.82. The Kier molecular flexibility index (Phi) is 4.04. The highest BCUT2D eigenvalue weighted by atomic mass is 32.1. The Balaban J connectivity index is 1.55. The number of thiophene rings is 1. The van der Waals surface area contributed by atoms with Crippen molar-refractivity contribution < 1.29 is 4.79 Å². The molecule has 1 saturated carbocycles. The molecule has 0 aromatic carbocycles. The summed E-state index contributed by atoms with van der Waals surface area (Å²) in [5.41, 5.74) is 2.00. The molecule has 0 unspecified atom stereocenters. The molecule has 6 heteroatoms. The molecule has 0 spiro atoms. The lowest BCUT2D eigenvalue weighted by Gasteiger charge is -2.15. The molecule has 1 saturated heterocycles. The number of carbonyl (C=O) groups excluding carboxylic acids is 1. The molecular weight excluding hydrogens is 320 g/mol. The van der Waals surface area contributed by atoms with Crippen LogP contribution in [0.5, 0.6) is 0 Å². The van der Waals surface area contributed by atoms with Gasteiger partial charge in [0.05, 0.1) is 4.88 Å². The average Bonchev–Trinajstić information content (AvgIpc) is 3.21. The van der Waals surface area contributed by atoms with Gasteiger partial charge >= 0.3 is 0 Å². The van der Waals surface area contributed by atoms with E-state index in [0.717, 1.165) is 64.1 Å². The maximum absolute atomic E-state index is 12.8. The summed E-state index contributed by atoms with van der Waals surface area (Å²) in [6.07, 6.45) is 4.53. The van der Waals surface area contributed by atoms with Crippen molar-refractivity contribution in [2.75, 3.05) is 13.1 Å². The van der Waals surface area contributed by atoms with Gasteiger partial charge in [-0.15, -0.1) is 11.3 Å². The summed E-state index contributed by atoms with van der Waals surface area (Å²) in [5.74, 6) is 0.902. The van der Waals surface area contributed by atoms with E-state index in [1.54, 1.807) is 0 Å². The van der Waals surface area contributed by atoms with Gasteiger partial charge in [0.25, 0.3) is 5.91 Å². The molecule has 2 aromatic rings. The molecule has 2 fully saturated rings. The predicted molar refractivity (Wildman–Crippen MR) is 96.7 cm³/mol. The number of rotatable bonds is 4. The number of hydrogen-bond acceptors (Lipinski definition) is 5. The third-order valence-electron chi connectivity index (χ3n) is 5.16. The van der Waals surface area contributed by atoms with Gasteiger partial charge in [-0.1, -0.05) is 6.92 Å². The summed E-state index contributed by atoms with van der Waals surface area (Å²) in [4.78, 5) is 26.2. The van der Waals surface area contributed by atoms with Gasteiger partial charge in [-0.3, -0.25) is 9.69 Å². The smallest absolute Gasteiger partial charge is 0.261 e. The van der Waals surface area contributed by atoms with E-state index in [2.05, 4.69) is 27.1 Å². The van der Waals surface area contributed by atoms with Crippen molar-refractivity contribution in [3.63, 3.8) is 0 Å². The van der Waals surface area contributed by atoms with Gasteiger partial charge in [0.1, 0.15) is 10.7 Å². The maximum atomic E-state index is 12.8. The highest BCUT2D eigenvalue weighted by molar-refractivity contribution is 7.20. The molecule has 1 aliphatic heterocycles. The zero-order valence-electron chi connectivity index (χ0n) is 14.6. The SMILES string of the molecule is CCc1nc(C)c2c(C)c(C(=O)N[C@@H]3CCN(C4CC4)C3)sc2n1. The first-order chi connectivity index (χ1) is 11.6. The molecule has 3 heterocycles. The molecule has 1 N–H and O–H groups in total. The molecule has 1 aliphatic carbocycles. The Morgan fingerprint density at radius 1 is 1.29 bits per heavy atom. The molecule has 4 rings (SSSR count). The highest BCUT2D eigenvalue weighted by Crippen LogP contribution is 2.32. The van der Waals surface area contributed by atoms with Crippen LogP contribution in [0.25, 0.3) is 10.2 Å². The van der Waals surface area contributed by atoms with Gasteiger partial charge in [-0.2, -0.15) is 0 Å². The fourth-order valence-electron chi connectivity index (χ4n) is 3.70. The van der Waals surface area contributed by atoms with E-state index in [4.69, 9.17) is 0 Å². The minimum absolute atomic E-state index is 0.0515. The Bertz CT molecular complexity index is 796. The zero-order chi connectivity index (χ0) is 16.8. The minimum atomic E-state index is 0.0515. The topological polar surface area (TPSA) is 58.1 Å². The summed E-state index contributed by atoms with van der Waals surface area (Å²) in [6, 6.07) is 1.06. The van der Waals surface area contributed by atoms with E-state index in [9.17, 15) is 4.79 Å². The number of hydrogen-bond donors (Lipinski definition) is 1. The fraction of sp³-hybridized carbons (Fsp3) is 0.611. The summed E-state index contributed by atoms with van der Waals surface area (Å²) in [6.45, 7) is 8.20. The van der Waals surface area contributed by atoms with Crippen molar-refractivity contribution in [3.8, 4) is 0 Å². The zero-order valence-corrected chi connectivity index (χ0v) is 15.4. The molecule has 5 nitrogen and oxygen atoms in total. The Morgan fingerprint density at radius 3 is 2.79 bits per heavy atom. The average molecular weight is 344 g/mol. The normalized spacial score (nSPS) is 21.5. The van der Waals surface area contributed by atoms with Gasteiger partial charge in [0.15, 0.2) is 0 Å². The van der Waals surface area contributed by atoms with E-state index >= 15 is 0 Å². The molecule has 1 amide bonds. The number of nitrogens with one attached hydrogen (secondary N) is 1. The first-order valence-electron chi connectivity index (χ1n) is 8.88. The summed E-state index contributed by atoms with van der Waals surface area (Å²) >= 11 is 1.50. The fourth-order valence-corrected chi connectivity index (χ4v) is 4.85. The number of fused-ring (bicyclic) bond motifs is 1. The Hall–Kier alpha value is -1.53. The lowest BCUT2D eigenvalue weighted by Crippen LogP contribution is -2.37. The van der Waals surface area contributed by atoms with Crippen LogP contribution in [0.3, 0.4) is 0 Å². The van der Waals surface area contributed by atoms with Crippen molar-refractivity contribution in [2.24, 2.45) is 0 Å². The molecule has 24 heavy (non-hydrogen) atoms.